The van der Waals surface area contributed by atoms with Crippen LogP contribution < -0.4 is 10.5 Å². The Morgan fingerprint density at radius 1 is 1.33 bits per heavy atom. The maximum atomic E-state index is 11.7. The van der Waals surface area contributed by atoms with E-state index in [1.165, 1.54) is 7.11 Å². The number of anilines is 1. The summed E-state index contributed by atoms with van der Waals surface area (Å²) in [7, 11) is 1.31. The van der Waals surface area contributed by atoms with Crippen molar-refractivity contribution in [1.29, 1.82) is 0 Å². The fraction of sp³-hybridized carbons (Fsp3) is 0.333. The summed E-state index contributed by atoms with van der Waals surface area (Å²) in [5.74, 6) is 1.08. The van der Waals surface area contributed by atoms with Crippen LogP contribution in [-0.2, 0) is 11.2 Å². The molecule has 6 nitrogen and oxygen atoms in total. The highest BCUT2D eigenvalue weighted by atomic mass is 16.5. The van der Waals surface area contributed by atoms with Crippen LogP contribution in [0.1, 0.15) is 30.2 Å². The highest BCUT2D eigenvalue weighted by Crippen LogP contribution is 2.29. The molecule has 0 spiro atoms. The smallest absolute Gasteiger partial charge is 0.360 e. The molecule has 0 aliphatic heterocycles. The normalized spacial score (nSPS) is 10.4. The highest BCUT2D eigenvalue weighted by Gasteiger charge is 2.22. The topological polar surface area (TPSA) is 79.4 Å². The van der Waals surface area contributed by atoms with Crippen molar-refractivity contribution in [3.63, 3.8) is 0 Å². The first-order valence-corrected chi connectivity index (χ1v) is 6.81. The molecule has 0 aliphatic rings. The van der Waals surface area contributed by atoms with E-state index in [4.69, 9.17) is 15.2 Å². The fourth-order valence-corrected chi connectivity index (χ4v) is 2.15. The molecule has 0 radical (unpaired) electrons. The molecule has 0 saturated carbocycles. The van der Waals surface area contributed by atoms with Crippen molar-refractivity contribution in [1.82, 2.24) is 9.55 Å². The van der Waals surface area contributed by atoms with Gasteiger partial charge in [0.15, 0.2) is 5.69 Å². The number of nitrogen functional groups attached to an aromatic ring is 1. The van der Waals surface area contributed by atoms with Crippen LogP contribution in [0.4, 0.5) is 5.82 Å². The van der Waals surface area contributed by atoms with Crippen LogP contribution in [-0.4, -0.2) is 29.2 Å². The van der Waals surface area contributed by atoms with Gasteiger partial charge in [-0.3, -0.25) is 4.57 Å². The van der Waals surface area contributed by atoms with E-state index in [2.05, 4.69) is 4.98 Å². The van der Waals surface area contributed by atoms with Crippen LogP contribution in [0.5, 0.6) is 5.75 Å². The van der Waals surface area contributed by atoms with E-state index < -0.39 is 5.97 Å². The number of rotatable bonds is 5. The van der Waals surface area contributed by atoms with Gasteiger partial charge >= 0.3 is 5.97 Å². The summed E-state index contributed by atoms with van der Waals surface area (Å²) < 4.78 is 12.1. The maximum Gasteiger partial charge on any atom is 0.360 e. The van der Waals surface area contributed by atoms with Crippen LogP contribution in [0.2, 0.25) is 0 Å². The number of aryl methyl sites for hydroxylation is 1. The third kappa shape index (κ3) is 2.69. The van der Waals surface area contributed by atoms with Crippen LogP contribution in [0.15, 0.2) is 24.3 Å². The van der Waals surface area contributed by atoms with Gasteiger partial charge in [0.1, 0.15) is 17.4 Å². The molecule has 112 valence electrons. The number of hydrogen-bond acceptors (Lipinski definition) is 5. The highest BCUT2D eigenvalue weighted by molar-refractivity contribution is 5.92. The lowest BCUT2D eigenvalue weighted by Gasteiger charge is -2.14. The zero-order chi connectivity index (χ0) is 15.4. The second kappa shape index (κ2) is 6.30. The summed E-state index contributed by atoms with van der Waals surface area (Å²) in [4.78, 5) is 16.0. The number of aromatic nitrogens is 2. The van der Waals surface area contributed by atoms with Gasteiger partial charge in [-0.1, -0.05) is 19.1 Å². The summed E-state index contributed by atoms with van der Waals surface area (Å²) in [6, 6.07) is 7.50. The molecule has 6 heteroatoms. The Morgan fingerprint density at radius 3 is 2.67 bits per heavy atom. The lowest BCUT2D eigenvalue weighted by atomic mass is 10.2. The fourth-order valence-electron chi connectivity index (χ4n) is 2.15. The number of methoxy groups -OCH3 is 1. The molecule has 21 heavy (non-hydrogen) atoms. The van der Waals surface area contributed by atoms with Crippen molar-refractivity contribution in [2.75, 3.05) is 19.5 Å². The van der Waals surface area contributed by atoms with E-state index in [9.17, 15) is 4.79 Å². The minimum Gasteiger partial charge on any atom is -0.492 e. The monoisotopic (exact) mass is 289 g/mol. The van der Waals surface area contributed by atoms with Gasteiger partial charge in [0.2, 0.25) is 0 Å². The molecule has 0 saturated heterocycles. The van der Waals surface area contributed by atoms with Crippen molar-refractivity contribution in [3.05, 3.63) is 35.8 Å². The number of ether oxygens (including phenoxy) is 2. The average molecular weight is 289 g/mol. The van der Waals surface area contributed by atoms with E-state index >= 15 is 0 Å². The molecule has 0 aliphatic carbocycles. The molecule has 1 heterocycles. The predicted octanol–water partition coefficient (Wildman–Crippen LogP) is 2.20. The number of imidazole rings is 1. The number of esters is 1. The Hall–Kier alpha value is -2.50. The molecular weight excluding hydrogens is 270 g/mol. The second-order valence-corrected chi connectivity index (χ2v) is 4.34. The number of nitrogens with zero attached hydrogens (tertiary/aromatic N) is 2. The van der Waals surface area contributed by atoms with Crippen molar-refractivity contribution in [2.45, 2.75) is 20.3 Å². The second-order valence-electron chi connectivity index (χ2n) is 4.34. The van der Waals surface area contributed by atoms with E-state index in [1.807, 2.05) is 38.1 Å². The molecular formula is C15H19N3O3. The average Bonchev–Trinajstić information content (AvgIpc) is 2.84. The van der Waals surface area contributed by atoms with Crippen LogP contribution >= 0.6 is 0 Å². The number of nitrogens with two attached hydrogens (primary N) is 1. The zero-order valence-corrected chi connectivity index (χ0v) is 12.4. The SMILES string of the molecule is CCOc1ccccc1-n1c(CC)nc(C(=O)OC)c1N. The van der Waals surface area contributed by atoms with E-state index in [-0.39, 0.29) is 11.5 Å². The molecule has 0 atom stereocenters. The van der Waals surface area contributed by atoms with Gasteiger partial charge in [-0.25, -0.2) is 9.78 Å². The molecule has 2 N–H and O–H groups in total. The number of hydrogen-bond donors (Lipinski definition) is 1. The Bertz CT molecular complexity index is 650. The number of benzene rings is 1. The molecule has 0 amide bonds. The van der Waals surface area contributed by atoms with Gasteiger partial charge in [0.25, 0.3) is 0 Å². The van der Waals surface area contributed by atoms with Crippen molar-refractivity contribution < 1.29 is 14.3 Å². The third-order valence-corrected chi connectivity index (χ3v) is 3.08. The van der Waals surface area contributed by atoms with Gasteiger partial charge in [-0.05, 0) is 19.1 Å². The van der Waals surface area contributed by atoms with E-state index in [0.717, 1.165) is 5.69 Å². The van der Waals surface area contributed by atoms with Gasteiger partial charge in [-0.2, -0.15) is 0 Å². The van der Waals surface area contributed by atoms with Gasteiger partial charge in [0.05, 0.1) is 19.4 Å². The lowest BCUT2D eigenvalue weighted by molar-refractivity contribution is 0.0595. The standard InChI is InChI=1S/C15H19N3O3/c1-4-12-17-13(15(19)20-3)14(16)18(12)10-8-6-7-9-11(10)21-5-2/h6-9H,4-5,16H2,1-3H3. The number of carbonyl (C=O) groups excluding carboxylic acids is 1. The minimum atomic E-state index is -0.546. The molecule has 1 aromatic heterocycles. The van der Waals surface area contributed by atoms with E-state index in [1.54, 1.807) is 4.57 Å². The summed E-state index contributed by atoms with van der Waals surface area (Å²) in [5.41, 5.74) is 6.98. The Kier molecular flexibility index (Phi) is 4.47. The first-order chi connectivity index (χ1) is 10.1. The van der Waals surface area contributed by atoms with Crippen LogP contribution in [0.3, 0.4) is 0 Å². The van der Waals surface area contributed by atoms with Gasteiger partial charge in [-0.15, -0.1) is 0 Å². The Labute approximate surface area is 123 Å². The van der Waals surface area contributed by atoms with E-state index in [0.29, 0.717) is 24.6 Å². The number of carbonyl (C=O) groups is 1. The van der Waals surface area contributed by atoms with Crippen molar-refractivity contribution in [3.8, 4) is 11.4 Å². The molecule has 0 bridgehead atoms. The van der Waals surface area contributed by atoms with Crippen LogP contribution in [0.25, 0.3) is 5.69 Å². The first-order valence-electron chi connectivity index (χ1n) is 6.81. The summed E-state index contributed by atoms with van der Waals surface area (Å²) in [6.07, 6.45) is 0.627. The third-order valence-electron chi connectivity index (χ3n) is 3.08. The Balaban J connectivity index is 2.63. The molecule has 2 rings (SSSR count). The van der Waals surface area contributed by atoms with Crippen molar-refractivity contribution >= 4 is 11.8 Å². The largest absolute Gasteiger partial charge is 0.492 e. The van der Waals surface area contributed by atoms with Gasteiger partial charge < -0.3 is 15.2 Å². The maximum absolute atomic E-state index is 11.7. The van der Waals surface area contributed by atoms with Gasteiger partial charge in [0, 0.05) is 6.42 Å². The number of para-hydroxylation sites is 2. The zero-order valence-electron chi connectivity index (χ0n) is 12.4. The lowest BCUT2D eigenvalue weighted by Crippen LogP contribution is -2.09. The summed E-state index contributed by atoms with van der Waals surface area (Å²) in [6.45, 7) is 4.40. The molecule has 0 unspecified atom stereocenters. The van der Waals surface area contributed by atoms with Crippen molar-refractivity contribution in [2.24, 2.45) is 0 Å². The molecule has 2 aromatic rings. The first kappa shape index (κ1) is 14.9. The summed E-state index contributed by atoms with van der Waals surface area (Å²) >= 11 is 0. The Morgan fingerprint density at radius 2 is 2.05 bits per heavy atom. The van der Waals surface area contributed by atoms with Crippen LogP contribution in [0, 0.1) is 0 Å². The molecule has 1 aromatic carbocycles. The predicted molar refractivity (Wildman–Crippen MR) is 79.9 cm³/mol. The minimum absolute atomic E-state index is 0.126. The quantitative estimate of drug-likeness (QED) is 0.854. The molecule has 0 fully saturated rings. The summed E-state index contributed by atoms with van der Waals surface area (Å²) in [5, 5.41) is 0.